The lowest BCUT2D eigenvalue weighted by Crippen LogP contribution is -2.49. The first-order chi connectivity index (χ1) is 8.65. The number of carbonyl (C=O) groups is 1. The monoisotopic (exact) mass is 254 g/mol. The zero-order chi connectivity index (χ0) is 13.0. The first-order valence-electron chi connectivity index (χ1n) is 7.27. The molecule has 1 aliphatic heterocycles. The molecule has 0 spiro atoms. The standard InChI is InChI=1S/C14H26N2O2/c1-14(6-2-7-14)13(17)16-9-4-12(5-10-16)18-11-3-8-15/h12H,2-11,15H2,1H3. The van der Waals surface area contributed by atoms with Gasteiger partial charge in [0.2, 0.25) is 5.91 Å². The lowest BCUT2D eigenvalue weighted by molar-refractivity contribution is -0.148. The molecule has 0 unspecified atom stereocenters. The lowest BCUT2D eigenvalue weighted by atomic mass is 9.69. The van der Waals surface area contributed by atoms with Crippen molar-refractivity contribution in [2.75, 3.05) is 26.2 Å². The highest BCUT2D eigenvalue weighted by Gasteiger charge is 2.42. The van der Waals surface area contributed by atoms with E-state index in [0.29, 0.717) is 18.6 Å². The molecule has 2 N–H and O–H groups in total. The third-order valence-corrected chi connectivity index (χ3v) is 4.40. The number of piperidine rings is 1. The van der Waals surface area contributed by atoms with E-state index in [1.165, 1.54) is 6.42 Å². The summed E-state index contributed by atoms with van der Waals surface area (Å²) in [5.41, 5.74) is 5.39. The molecule has 0 atom stereocenters. The molecule has 1 heterocycles. The van der Waals surface area contributed by atoms with Crippen molar-refractivity contribution >= 4 is 5.91 Å². The van der Waals surface area contributed by atoms with Crippen molar-refractivity contribution < 1.29 is 9.53 Å². The third kappa shape index (κ3) is 3.04. The highest BCUT2D eigenvalue weighted by Crippen LogP contribution is 2.42. The molecule has 0 bridgehead atoms. The number of rotatable bonds is 5. The number of hydrogen-bond acceptors (Lipinski definition) is 3. The van der Waals surface area contributed by atoms with Gasteiger partial charge in [0.1, 0.15) is 0 Å². The molecule has 1 saturated heterocycles. The fraction of sp³-hybridized carbons (Fsp3) is 0.929. The van der Waals surface area contributed by atoms with E-state index in [1.54, 1.807) is 0 Å². The van der Waals surface area contributed by atoms with Gasteiger partial charge in [0.15, 0.2) is 0 Å². The molecule has 2 aliphatic rings. The van der Waals surface area contributed by atoms with Gasteiger partial charge in [0, 0.05) is 25.1 Å². The van der Waals surface area contributed by atoms with Crippen molar-refractivity contribution in [2.45, 2.75) is 51.6 Å². The van der Waals surface area contributed by atoms with Crippen LogP contribution >= 0.6 is 0 Å². The quantitative estimate of drug-likeness (QED) is 0.757. The molecular formula is C14H26N2O2. The zero-order valence-corrected chi connectivity index (χ0v) is 11.5. The van der Waals surface area contributed by atoms with Crippen LogP contribution in [0.5, 0.6) is 0 Å². The van der Waals surface area contributed by atoms with Gasteiger partial charge < -0.3 is 15.4 Å². The van der Waals surface area contributed by atoms with Crippen molar-refractivity contribution in [2.24, 2.45) is 11.1 Å². The van der Waals surface area contributed by atoms with E-state index in [1.807, 2.05) is 4.90 Å². The Morgan fingerprint density at radius 1 is 1.39 bits per heavy atom. The second-order valence-corrected chi connectivity index (χ2v) is 5.92. The van der Waals surface area contributed by atoms with Crippen LogP contribution in [-0.4, -0.2) is 43.2 Å². The summed E-state index contributed by atoms with van der Waals surface area (Å²) in [5, 5.41) is 0. The summed E-state index contributed by atoms with van der Waals surface area (Å²) in [7, 11) is 0. The number of amides is 1. The summed E-state index contributed by atoms with van der Waals surface area (Å²) in [5.74, 6) is 0.370. The molecule has 1 amide bonds. The normalized spacial score (nSPS) is 23.8. The molecular weight excluding hydrogens is 228 g/mol. The van der Waals surface area contributed by atoms with Crippen LogP contribution < -0.4 is 5.73 Å². The number of likely N-dealkylation sites (tertiary alicyclic amines) is 1. The minimum absolute atomic E-state index is 0.0484. The molecule has 1 saturated carbocycles. The van der Waals surface area contributed by atoms with E-state index in [-0.39, 0.29) is 5.41 Å². The summed E-state index contributed by atoms with van der Waals surface area (Å²) in [6.07, 6.45) is 6.56. The van der Waals surface area contributed by atoms with Crippen LogP contribution in [0.4, 0.5) is 0 Å². The molecule has 4 nitrogen and oxygen atoms in total. The van der Waals surface area contributed by atoms with Crippen LogP contribution in [-0.2, 0) is 9.53 Å². The molecule has 1 aliphatic carbocycles. The number of nitrogens with zero attached hydrogens (tertiary/aromatic N) is 1. The van der Waals surface area contributed by atoms with Gasteiger partial charge in [-0.1, -0.05) is 13.3 Å². The Hall–Kier alpha value is -0.610. The molecule has 2 fully saturated rings. The Kier molecular flexibility index (Phi) is 4.62. The maximum Gasteiger partial charge on any atom is 0.228 e. The highest BCUT2D eigenvalue weighted by molar-refractivity contribution is 5.83. The average molecular weight is 254 g/mol. The summed E-state index contributed by atoms with van der Waals surface area (Å²) < 4.78 is 5.76. The Balaban J connectivity index is 1.71. The Morgan fingerprint density at radius 2 is 2.06 bits per heavy atom. The zero-order valence-electron chi connectivity index (χ0n) is 11.5. The maximum atomic E-state index is 12.3. The van der Waals surface area contributed by atoms with E-state index in [4.69, 9.17) is 10.5 Å². The maximum absolute atomic E-state index is 12.3. The van der Waals surface area contributed by atoms with Gasteiger partial charge in [-0.2, -0.15) is 0 Å². The molecule has 104 valence electrons. The van der Waals surface area contributed by atoms with Crippen LogP contribution in [0.1, 0.15) is 45.4 Å². The summed E-state index contributed by atoms with van der Waals surface area (Å²) >= 11 is 0. The summed E-state index contributed by atoms with van der Waals surface area (Å²) in [6.45, 7) is 5.29. The molecule has 2 rings (SSSR count). The number of carbonyl (C=O) groups excluding carboxylic acids is 1. The van der Waals surface area contributed by atoms with Crippen molar-refractivity contribution in [3.63, 3.8) is 0 Å². The van der Waals surface area contributed by atoms with Gasteiger partial charge in [0.25, 0.3) is 0 Å². The average Bonchev–Trinajstić information content (AvgIpc) is 2.36. The van der Waals surface area contributed by atoms with E-state index >= 15 is 0 Å². The van der Waals surface area contributed by atoms with Gasteiger partial charge in [-0.15, -0.1) is 0 Å². The SMILES string of the molecule is CC1(C(=O)N2CCC(OCCCN)CC2)CCC1. The number of hydrogen-bond donors (Lipinski definition) is 1. The molecule has 0 aromatic rings. The predicted octanol–water partition coefficient (Wildman–Crippen LogP) is 1.53. The molecule has 0 radical (unpaired) electrons. The van der Waals surface area contributed by atoms with Crippen molar-refractivity contribution in [1.82, 2.24) is 4.90 Å². The van der Waals surface area contributed by atoms with Crippen LogP contribution in [0.2, 0.25) is 0 Å². The fourth-order valence-corrected chi connectivity index (χ4v) is 2.86. The molecule has 0 aromatic carbocycles. The predicted molar refractivity (Wildman–Crippen MR) is 71.2 cm³/mol. The van der Waals surface area contributed by atoms with Crippen LogP contribution in [0.3, 0.4) is 0 Å². The summed E-state index contributed by atoms with van der Waals surface area (Å²) in [6, 6.07) is 0. The van der Waals surface area contributed by atoms with Crippen LogP contribution in [0, 0.1) is 5.41 Å². The number of nitrogens with two attached hydrogens (primary N) is 1. The topological polar surface area (TPSA) is 55.6 Å². The first-order valence-corrected chi connectivity index (χ1v) is 7.27. The van der Waals surface area contributed by atoms with Gasteiger partial charge in [-0.05, 0) is 38.6 Å². The minimum atomic E-state index is -0.0484. The molecule has 0 aromatic heterocycles. The largest absolute Gasteiger partial charge is 0.378 e. The fourth-order valence-electron chi connectivity index (χ4n) is 2.86. The smallest absolute Gasteiger partial charge is 0.228 e. The van der Waals surface area contributed by atoms with Crippen molar-refractivity contribution in [3.05, 3.63) is 0 Å². The second-order valence-electron chi connectivity index (χ2n) is 5.92. The third-order valence-electron chi connectivity index (χ3n) is 4.40. The molecule has 4 heteroatoms. The Labute approximate surface area is 110 Å². The van der Waals surface area contributed by atoms with Gasteiger partial charge >= 0.3 is 0 Å². The number of ether oxygens (including phenoxy) is 1. The van der Waals surface area contributed by atoms with Crippen LogP contribution in [0.15, 0.2) is 0 Å². The van der Waals surface area contributed by atoms with Crippen molar-refractivity contribution in [3.8, 4) is 0 Å². The van der Waals surface area contributed by atoms with Crippen molar-refractivity contribution in [1.29, 1.82) is 0 Å². The second kappa shape index (κ2) is 6.02. The molecule has 18 heavy (non-hydrogen) atoms. The van der Waals surface area contributed by atoms with E-state index < -0.39 is 0 Å². The van der Waals surface area contributed by atoms with E-state index in [9.17, 15) is 4.79 Å². The first kappa shape index (κ1) is 13.8. The van der Waals surface area contributed by atoms with Gasteiger partial charge in [-0.25, -0.2) is 0 Å². The van der Waals surface area contributed by atoms with Crippen LogP contribution in [0.25, 0.3) is 0 Å². The van der Waals surface area contributed by atoms with Gasteiger partial charge in [-0.3, -0.25) is 4.79 Å². The summed E-state index contributed by atoms with van der Waals surface area (Å²) in [4.78, 5) is 14.4. The highest BCUT2D eigenvalue weighted by atomic mass is 16.5. The van der Waals surface area contributed by atoms with E-state index in [0.717, 1.165) is 51.8 Å². The van der Waals surface area contributed by atoms with E-state index in [2.05, 4.69) is 6.92 Å². The Bertz CT molecular complexity index is 282. The van der Waals surface area contributed by atoms with Gasteiger partial charge in [0.05, 0.1) is 6.10 Å². The Morgan fingerprint density at radius 3 is 2.56 bits per heavy atom. The lowest BCUT2D eigenvalue weighted by Gasteiger charge is -2.43. The minimum Gasteiger partial charge on any atom is -0.378 e.